The van der Waals surface area contributed by atoms with Crippen molar-refractivity contribution in [2.24, 2.45) is 0 Å². The Morgan fingerprint density at radius 3 is 2.62 bits per heavy atom. The lowest BCUT2D eigenvalue weighted by atomic mass is 9.91. The molecule has 1 aromatic rings. The lowest BCUT2D eigenvalue weighted by Crippen LogP contribution is -2.37. The van der Waals surface area contributed by atoms with Gasteiger partial charge in [-0.15, -0.1) is 0 Å². The predicted octanol–water partition coefficient (Wildman–Crippen LogP) is 3.71. The van der Waals surface area contributed by atoms with Gasteiger partial charge in [0, 0.05) is 18.2 Å². The van der Waals surface area contributed by atoms with Crippen LogP contribution in [0.2, 0.25) is 0 Å². The molecule has 0 amide bonds. The molecule has 16 heavy (non-hydrogen) atoms. The number of hydrogen-bond donors (Lipinski definition) is 0. The average molecular weight is 290 g/mol. The van der Waals surface area contributed by atoms with Crippen molar-refractivity contribution in [1.82, 2.24) is 4.90 Å². The molecule has 1 aliphatic carbocycles. The molecule has 1 aromatic carbocycles. The number of benzene rings is 1. The van der Waals surface area contributed by atoms with E-state index in [4.69, 9.17) is 0 Å². The van der Waals surface area contributed by atoms with Gasteiger partial charge >= 0.3 is 0 Å². The Labute approximate surface area is 103 Å². The highest BCUT2D eigenvalue weighted by atomic mass is 79.9. The van der Waals surface area contributed by atoms with E-state index >= 15 is 0 Å². The van der Waals surface area contributed by atoms with Crippen molar-refractivity contribution in [3.8, 4) is 0 Å². The maximum Gasteiger partial charge on any atom is 0.144 e. The SMILES string of the molecule is CN(Cc1c(F)ccc(Br)c1F)C1CCC1. The van der Waals surface area contributed by atoms with Crippen LogP contribution < -0.4 is 0 Å². The molecule has 0 bridgehead atoms. The maximum absolute atomic E-state index is 13.7. The van der Waals surface area contributed by atoms with Crippen LogP contribution in [0.4, 0.5) is 8.78 Å². The molecule has 1 nitrogen and oxygen atoms in total. The molecule has 0 atom stereocenters. The molecule has 1 saturated carbocycles. The molecule has 0 saturated heterocycles. The summed E-state index contributed by atoms with van der Waals surface area (Å²) in [5.74, 6) is -0.946. The summed E-state index contributed by atoms with van der Waals surface area (Å²) in [6.45, 7) is 0.335. The van der Waals surface area contributed by atoms with E-state index in [9.17, 15) is 8.78 Å². The lowest BCUT2D eigenvalue weighted by molar-refractivity contribution is 0.149. The van der Waals surface area contributed by atoms with Crippen LogP contribution in [0, 0.1) is 11.6 Å². The minimum Gasteiger partial charge on any atom is -0.299 e. The number of hydrogen-bond acceptors (Lipinski definition) is 1. The Kier molecular flexibility index (Phi) is 3.60. The van der Waals surface area contributed by atoms with Crippen molar-refractivity contribution < 1.29 is 8.78 Å². The van der Waals surface area contributed by atoms with Gasteiger partial charge in [0.05, 0.1) is 4.47 Å². The van der Waals surface area contributed by atoms with Crippen LogP contribution in [0.1, 0.15) is 24.8 Å². The van der Waals surface area contributed by atoms with Gasteiger partial charge in [0.1, 0.15) is 11.6 Å². The zero-order valence-electron chi connectivity index (χ0n) is 9.14. The fourth-order valence-corrected chi connectivity index (χ4v) is 2.29. The molecule has 0 N–H and O–H groups in total. The zero-order chi connectivity index (χ0) is 11.7. The average Bonchev–Trinajstić information content (AvgIpc) is 2.16. The summed E-state index contributed by atoms with van der Waals surface area (Å²) in [7, 11) is 1.92. The molecule has 0 heterocycles. The van der Waals surface area contributed by atoms with E-state index in [1.807, 2.05) is 11.9 Å². The van der Waals surface area contributed by atoms with E-state index in [0.717, 1.165) is 12.8 Å². The molecular weight excluding hydrogens is 276 g/mol. The first kappa shape index (κ1) is 12.0. The van der Waals surface area contributed by atoms with Gasteiger partial charge in [0.25, 0.3) is 0 Å². The highest BCUT2D eigenvalue weighted by Crippen LogP contribution is 2.27. The summed E-state index contributed by atoms with van der Waals surface area (Å²) in [5.41, 5.74) is 0.156. The first-order chi connectivity index (χ1) is 7.59. The molecule has 4 heteroatoms. The quantitative estimate of drug-likeness (QED) is 0.767. The fourth-order valence-electron chi connectivity index (χ4n) is 1.92. The standard InChI is InChI=1S/C12H14BrF2N/c1-16(8-3-2-4-8)7-9-11(14)6-5-10(13)12(9)15/h5-6,8H,2-4,7H2,1H3. The molecular formula is C12H14BrF2N. The topological polar surface area (TPSA) is 3.24 Å². The van der Waals surface area contributed by atoms with Crippen molar-refractivity contribution in [2.75, 3.05) is 7.05 Å². The zero-order valence-corrected chi connectivity index (χ0v) is 10.7. The molecule has 0 radical (unpaired) electrons. The third-order valence-corrected chi connectivity index (χ3v) is 3.86. The molecule has 0 unspecified atom stereocenters. The van der Waals surface area contributed by atoms with Gasteiger partial charge in [-0.2, -0.15) is 0 Å². The Balaban J connectivity index is 2.16. The third kappa shape index (κ3) is 2.28. The van der Waals surface area contributed by atoms with Crippen LogP contribution in [0.25, 0.3) is 0 Å². The van der Waals surface area contributed by atoms with Gasteiger partial charge in [-0.25, -0.2) is 8.78 Å². The molecule has 88 valence electrons. The second-order valence-corrected chi connectivity index (χ2v) is 5.18. The predicted molar refractivity (Wildman–Crippen MR) is 63.2 cm³/mol. The summed E-state index contributed by atoms with van der Waals surface area (Å²) < 4.78 is 27.5. The molecule has 1 fully saturated rings. The van der Waals surface area contributed by atoms with E-state index in [0.29, 0.717) is 17.1 Å². The third-order valence-electron chi connectivity index (χ3n) is 3.24. The smallest absolute Gasteiger partial charge is 0.144 e. The van der Waals surface area contributed by atoms with Crippen LogP contribution in [0.15, 0.2) is 16.6 Å². The fraction of sp³-hybridized carbons (Fsp3) is 0.500. The Bertz CT molecular complexity index is 391. The minimum atomic E-state index is -0.480. The van der Waals surface area contributed by atoms with Crippen molar-refractivity contribution in [3.05, 3.63) is 33.8 Å². The second kappa shape index (κ2) is 4.80. The first-order valence-electron chi connectivity index (χ1n) is 5.42. The number of nitrogens with zero attached hydrogens (tertiary/aromatic N) is 1. The van der Waals surface area contributed by atoms with Gasteiger partial charge in [-0.05, 0) is 48.0 Å². The van der Waals surface area contributed by atoms with E-state index in [2.05, 4.69) is 15.9 Å². The van der Waals surface area contributed by atoms with Crippen molar-refractivity contribution >= 4 is 15.9 Å². The summed E-state index contributed by atoms with van der Waals surface area (Å²) in [4.78, 5) is 2.03. The monoisotopic (exact) mass is 289 g/mol. The Morgan fingerprint density at radius 1 is 1.38 bits per heavy atom. The van der Waals surface area contributed by atoms with Gasteiger partial charge in [-0.3, -0.25) is 4.90 Å². The normalized spacial score (nSPS) is 16.6. The van der Waals surface area contributed by atoms with Crippen molar-refractivity contribution in [1.29, 1.82) is 0 Å². The van der Waals surface area contributed by atoms with E-state index in [1.54, 1.807) is 0 Å². The van der Waals surface area contributed by atoms with Crippen LogP contribution in [-0.2, 0) is 6.54 Å². The largest absolute Gasteiger partial charge is 0.299 e. The molecule has 0 aromatic heterocycles. The summed E-state index contributed by atoms with van der Waals surface area (Å²) >= 11 is 3.08. The number of rotatable bonds is 3. The van der Waals surface area contributed by atoms with Gasteiger partial charge in [0.2, 0.25) is 0 Å². The Hall–Kier alpha value is -0.480. The number of halogens is 3. The minimum absolute atomic E-state index is 0.156. The van der Waals surface area contributed by atoms with Crippen LogP contribution in [-0.4, -0.2) is 18.0 Å². The van der Waals surface area contributed by atoms with Crippen LogP contribution >= 0.6 is 15.9 Å². The Morgan fingerprint density at radius 2 is 2.06 bits per heavy atom. The highest BCUT2D eigenvalue weighted by molar-refractivity contribution is 9.10. The van der Waals surface area contributed by atoms with E-state index in [1.165, 1.54) is 18.6 Å². The second-order valence-electron chi connectivity index (χ2n) is 4.32. The molecule has 2 rings (SSSR count). The summed E-state index contributed by atoms with van der Waals surface area (Å²) in [6.07, 6.45) is 3.49. The summed E-state index contributed by atoms with van der Waals surface area (Å²) in [6, 6.07) is 3.19. The van der Waals surface area contributed by atoms with Crippen molar-refractivity contribution in [3.63, 3.8) is 0 Å². The van der Waals surface area contributed by atoms with Crippen LogP contribution in [0.3, 0.4) is 0 Å². The van der Waals surface area contributed by atoms with Crippen molar-refractivity contribution in [2.45, 2.75) is 31.8 Å². The van der Waals surface area contributed by atoms with Gasteiger partial charge in [-0.1, -0.05) is 6.42 Å². The maximum atomic E-state index is 13.7. The summed E-state index contributed by atoms with van der Waals surface area (Å²) in [5, 5.41) is 0. The van der Waals surface area contributed by atoms with Crippen LogP contribution in [0.5, 0.6) is 0 Å². The molecule has 1 aliphatic rings. The van der Waals surface area contributed by atoms with E-state index < -0.39 is 11.6 Å². The lowest BCUT2D eigenvalue weighted by Gasteiger charge is -2.34. The van der Waals surface area contributed by atoms with Gasteiger partial charge in [0.15, 0.2) is 0 Å². The molecule has 0 aliphatic heterocycles. The molecule has 0 spiro atoms. The highest BCUT2D eigenvalue weighted by Gasteiger charge is 2.24. The van der Waals surface area contributed by atoms with E-state index in [-0.39, 0.29) is 5.56 Å². The van der Waals surface area contributed by atoms with Gasteiger partial charge < -0.3 is 0 Å². The first-order valence-corrected chi connectivity index (χ1v) is 6.21.